The molecule has 10 heavy (non-hydrogen) atoms. The number of hydrogen-bond donors (Lipinski definition) is 2. The molecule has 0 saturated carbocycles. The van der Waals surface area contributed by atoms with Gasteiger partial charge >= 0.3 is 0 Å². The Labute approximate surface area is 62.1 Å². The fourth-order valence-corrected chi connectivity index (χ4v) is 0.877. The van der Waals surface area contributed by atoms with Crippen LogP contribution >= 0.6 is 0 Å². The van der Waals surface area contributed by atoms with Crippen LogP contribution in [0, 0.1) is 6.23 Å². The lowest BCUT2D eigenvalue weighted by atomic mass is 10.4. The molecule has 1 aliphatic rings. The predicted molar refractivity (Wildman–Crippen MR) is 40.4 cm³/mol. The second-order valence-corrected chi connectivity index (χ2v) is 2.38. The summed E-state index contributed by atoms with van der Waals surface area (Å²) >= 11 is 0. The third-order valence-corrected chi connectivity index (χ3v) is 1.41. The number of ether oxygens (including phenoxy) is 1. The van der Waals surface area contributed by atoms with Crippen molar-refractivity contribution >= 4 is 0 Å². The molecule has 1 rings (SSSR count). The predicted octanol–water partition coefficient (Wildman–Crippen LogP) is 0.0953. The van der Waals surface area contributed by atoms with Crippen LogP contribution < -0.4 is 10.6 Å². The number of morpholine rings is 1. The summed E-state index contributed by atoms with van der Waals surface area (Å²) in [6, 6.07) is 0. The van der Waals surface area contributed by atoms with Crippen LogP contribution in [0.5, 0.6) is 0 Å². The Bertz CT molecular complexity index is 81.7. The van der Waals surface area contributed by atoms with E-state index in [-0.39, 0.29) is 0 Å². The lowest BCUT2D eigenvalue weighted by Crippen LogP contribution is -2.40. The highest BCUT2D eigenvalue weighted by Gasteiger charge is 2.12. The zero-order chi connectivity index (χ0) is 7.23. The van der Waals surface area contributed by atoms with Crippen LogP contribution in [0.2, 0.25) is 0 Å². The van der Waals surface area contributed by atoms with Crippen molar-refractivity contribution in [2.24, 2.45) is 0 Å². The quantitative estimate of drug-likeness (QED) is 0.587. The second kappa shape index (κ2) is 4.66. The number of nitrogens with one attached hydrogen (secondary N) is 2. The highest BCUT2D eigenvalue weighted by atomic mass is 16.5. The summed E-state index contributed by atoms with van der Waals surface area (Å²) in [4.78, 5) is 0. The average molecular weight is 143 g/mol. The minimum absolute atomic E-state index is 0.798. The Kier molecular flexibility index (Phi) is 3.72. The Morgan fingerprint density at radius 1 is 1.70 bits per heavy atom. The molecule has 1 saturated heterocycles. The molecule has 0 aromatic carbocycles. The third kappa shape index (κ3) is 2.64. The first-order valence-electron chi connectivity index (χ1n) is 3.86. The standard InChI is InChI=1S/C7H15N2O/c1-2-3-9-7-6-8-4-5-10-7/h8-9H,2-6H2,1H3. The monoisotopic (exact) mass is 143 g/mol. The van der Waals surface area contributed by atoms with E-state index in [9.17, 15) is 0 Å². The van der Waals surface area contributed by atoms with Gasteiger partial charge in [0, 0.05) is 13.1 Å². The van der Waals surface area contributed by atoms with Gasteiger partial charge < -0.3 is 10.1 Å². The fourth-order valence-electron chi connectivity index (χ4n) is 0.877. The Balaban J connectivity index is 2.02. The number of hydrogen-bond acceptors (Lipinski definition) is 3. The van der Waals surface area contributed by atoms with E-state index in [0.717, 1.165) is 38.9 Å². The lowest BCUT2D eigenvalue weighted by Gasteiger charge is -2.22. The molecule has 0 aromatic rings. The average Bonchev–Trinajstić information content (AvgIpc) is 2.03. The zero-order valence-electron chi connectivity index (χ0n) is 6.44. The molecule has 1 aliphatic heterocycles. The fraction of sp³-hybridized carbons (Fsp3) is 0.857. The molecular weight excluding hydrogens is 128 g/mol. The highest BCUT2D eigenvalue weighted by Crippen LogP contribution is 1.98. The van der Waals surface area contributed by atoms with E-state index in [0.29, 0.717) is 0 Å². The van der Waals surface area contributed by atoms with Gasteiger partial charge in [0.25, 0.3) is 0 Å². The molecule has 1 heterocycles. The molecule has 3 heteroatoms. The van der Waals surface area contributed by atoms with Gasteiger partial charge in [-0.3, -0.25) is 5.32 Å². The van der Waals surface area contributed by atoms with Crippen LogP contribution in [0.3, 0.4) is 0 Å². The largest absolute Gasteiger partial charge is 0.353 e. The van der Waals surface area contributed by atoms with Crippen molar-refractivity contribution in [2.75, 3.05) is 26.2 Å². The van der Waals surface area contributed by atoms with Gasteiger partial charge in [0.15, 0.2) is 6.23 Å². The van der Waals surface area contributed by atoms with Crippen molar-refractivity contribution in [3.05, 3.63) is 6.23 Å². The van der Waals surface area contributed by atoms with Gasteiger partial charge in [-0.25, -0.2) is 0 Å². The van der Waals surface area contributed by atoms with Crippen molar-refractivity contribution in [2.45, 2.75) is 13.3 Å². The first-order chi connectivity index (χ1) is 4.93. The Hall–Kier alpha value is -0.120. The highest BCUT2D eigenvalue weighted by molar-refractivity contribution is 4.81. The summed E-state index contributed by atoms with van der Waals surface area (Å²) in [7, 11) is 0. The smallest absolute Gasteiger partial charge is 0.175 e. The van der Waals surface area contributed by atoms with Crippen molar-refractivity contribution in [1.82, 2.24) is 10.6 Å². The summed E-state index contributed by atoms with van der Waals surface area (Å²) in [5, 5.41) is 6.42. The Morgan fingerprint density at radius 3 is 3.20 bits per heavy atom. The van der Waals surface area contributed by atoms with E-state index in [4.69, 9.17) is 4.74 Å². The topological polar surface area (TPSA) is 33.3 Å². The minimum Gasteiger partial charge on any atom is -0.353 e. The third-order valence-electron chi connectivity index (χ3n) is 1.41. The van der Waals surface area contributed by atoms with Gasteiger partial charge in [-0.05, 0) is 13.0 Å². The van der Waals surface area contributed by atoms with Crippen LogP contribution in [-0.2, 0) is 4.74 Å². The van der Waals surface area contributed by atoms with Gasteiger partial charge in [-0.15, -0.1) is 0 Å². The maximum Gasteiger partial charge on any atom is 0.175 e. The summed E-state index contributed by atoms with van der Waals surface area (Å²) in [5.41, 5.74) is 0. The van der Waals surface area contributed by atoms with Crippen LogP contribution in [0.1, 0.15) is 13.3 Å². The number of rotatable bonds is 3. The summed E-state index contributed by atoms with van der Waals surface area (Å²) in [6.07, 6.45) is 2.14. The maximum atomic E-state index is 5.32. The molecule has 0 aromatic heterocycles. The van der Waals surface area contributed by atoms with Crippen LogP contribution in [0.25, 0.3) is 0 Å². The van der Waals surface area contributed by atoms with E-state index in [1.165, 1.54) is 0 Å². The normalized spacial score (nSPS) is 21.3. The minimum atomic E-state index is 0.798. The van der Waals surface area contributed by atoms with Crippen molar-refractivity contribution in [3.8, 4) is 0 Å². The van der Waals surface area contributed by atoms with Gasteiger partial charge in [0.05, 0.1) is 6.61 Å². The molecule has 1 fully saturated rings. The molecule has 0 bridgehead atoms. The lowest BCUT2D eigenvalue weighted by molar-refractivity contribution is 0.0910. The van der Waals surface area contributed by atoms with E-state index < -0.39 is 0 Å². The van der Waals surface area contributed by atoms with E-state index >= 15 is 0 Å². The first kappa shape index (κ1) is 7.98. The molecule has 59 valence electrons. The van der Waals surface area contributed by atoms with Crippen LogP contribution in [0.15, 0.2) is 0 Å². The molecule has 1 radical (unpaired) electrons. The molecule has 0 amide bonds. The molecule has 0 unspecified atom stereocenters. The Morgan fingerprint density at radius 2 is 2.60 bits per heavy atom. The van der Waals surface area contributed by atoms with Gasteiger partial charge in [-0.2, -0.15) is 0 Å². The zero-order valence-corrected chi connectivity index (χ0v) is 6.44. The van der Waals surface area contributed by atoms with E-state index in [1.807, 2.05) is 0 Å². The maximum absolute atomic E-state index is 5.32. The molecule has 0 atom stereocenters. The van der Waals surface area contributed by atoms with E-state index in [1.54, 1.807) is 0 Å². The molecule has 3 nitrogen and oxygen atoms in total. The van der Waals surface area contributed by atoms with Gasteiger partial charge in [0.2, 0.25) is 0 Å². The second-order valence-electron chi connectivity index (χ2n) is 2.38. The van der Waals surface area contributed by atoms with Gasteiger partial charge in [0.1, 0.15) is 0 Å². The molecule has 0 aliphatic carbocycles. The molecule has 2 N–H and O–H groups in total. The van der Waals surface area contributed by atoms with Crippen molar-refractivity contribution in [1.29, 1.82) is 0 Å². The summed E-state index contributed by atoms with van der Waals surface area (Å²) < 4.78 is 5.32. The molecule has 0 spiro atoms. The van der Waals surface area contributed by atoms with Crippen molar-refractivity contribution < 1.29 is 4.74 Å². The molecular formula is C7H15N2O. The van der Waals surface area contributed by atoms with E-state index in [2.05, 4.69) is 17.6 Å². The summed E-state index contributed by atoms with van der Waals surface area (Å²) in [6.45, 7) is 5.78. The SMILES string of the molecule is CCCN[C]1CNCCO1. The van der Waals surface area contributed by atoms with Crippen LogP contribution in [-0.4, -0.2) is 26.2 Å². The van der Waals surface area contributed by atoms with Crippen LogP contribution in [0.4, 0.5) is 0 Å². The van der Waals surface area contributed by atoms with Gasteiger partial charge in [-0.1, -0.05) is 6.92 Å². The first-order valence-corrected chi connectivity index (χ1v) is 3.86. The summed E-state index contributed by atoms with van der Waals surface area (Å²) in [5.74, 6) is 0. The van der Waals surface area contributed by atoms with Crippen molar-refractivity contribution in [3.63, 3.8) is 0 Å².